The zero-order valence-electron chi connectivity index (χ0n) is 13.8. The molecule has 3 fully saturated rings. The van der Waals surface area contributed by atoms with Gasteiger partial charge < -0.3 is 9.64 Å². The Hall–Kier alpha value is -1.46. The number of ether oxygens (including phenoxy) is 1. The van der Waals surface area contributed by atoms with Crippen LogP contribution in [-0.2, 0) is 9.53 Å². The van der Waals surface area contributed by atoms with Crippen LogP contribution in [0, 0.1) is 0 Å². The molecule has 0 aromatic carbocycles. The third-order valence-electron chi connectivity index (χ3n) is 6.26. The summed E-state index contributed by atoms with van der Waals surface area (Å²) in [6.07, 6.45) is 7.58. The predicted molar refractivity (Wildman–Crippen MR) is 87.1 cm³/mol. The SMILES string of the molecule is CN1C(=O)C[C@@H](c2ccncc2)C12CCN([C@H]1CCOC1)CC2. The molecule has 0 bridgehead atoms. The first-order valence-corrected chi connectivity index (χ1v) is 8.69. The first-order chi connectivity index (χ1) is 11.2. The van der Waals surface area contributed by atoms with Crippen molar-refractivity contribution in [3.63, 3.8) is 0 Å². The van der Waals surface area contributed by atoms with Crippen LogP contribution in [0.2, 0.25) is 0 Å². The van der Waals surface area contributed by atoms with Gasteiger partial charge in [0.05, 0.1) is 12.1 Å². The van der Waals surface area contributed by atoms with E-state index in [0.717, 1.165) is 45.6 Å². The van der Waals surface area contributed by atoms with E-state index in [-0.39, 0.29) is 11.4 Å². The molecule has 5 nitrogen and oxygen atoms in total. The van der Waals surface area contributed by atoms with Gasteiger partial charge in [0.25, 0.3) is 0 Å². The largest absolute Gasteiger partial charge is 0.380 e. The number of hydrogen-bond donors (Lipinski definition) is 0. The van der Waals surface area contributed by atoms with Crippen LogP contribution in [0.15, 0.2) is 24.5 Å². The van der Waals surface area contributed by atoms with Crippen molar-refractivity contribution in [2.45, 2.75) is 43.2 Å². The van der Waals surface area contributed by atoms with Crippen molar-refractivity contribution in [3.05, 3.63) is 30.1 Å². The van der Waals surface area contributed by atoms with Crippen LogP contribution >= 0.6 is 0 Å². The molecule has 3 saturated heterocycles. The first-order valence-electron chi connectivity index (χ1n) is 8.69. The van der Waals surface area contributed by atoms with Crippen molar-refractivity contribution in [3.8, 4) is 0 Å². The fraction of sp³-hybridized carbons (Fsp3) is 0.667. The lowest BCUT2D eigenvalue weighted by Gasteiger charge is -2.48. The molecule has 0 unspecified atom stereocenters. The summed E-state index contributed by atoms with van der Waals surface area (Å²) in [7, 11) is 2.00. The Bertz CT molecular complexity index is 563. The summed E-state index contributed by atoms with van der Waals surface area (Å²) in [5.74, 6) is 0.578. The van der Waals surface area contributed by atoms with Crippen LogP contribution in [0.4, 0.5) is 0 Å². The number of aromatic nitrogens is 1. The van der Waals surface area contributed by atoms with E-state index in [9.17, 15) is 4.79 Å². The molecule has 0 radical (unpaired) electrons. The van der Waals surface area contributed by atoms with Gasteiger partial charge in [-0.3, -0.25) is 14.7 Å². The van der Waals surface area contributed by atoms with Gasteiger partial charge in [-0.15, -0.1) is 0 Å². The van der Waals surface area contributed by atoms with Gasteiger partial charge in [0.15, 0.2) is 0 Å². The maximum atomic E-state index is 12.4. The van der Waals surface area contributed by atoms with E-state index in [0.29, 0.717) is 18.4 Å². The number of rotatable bonds is 2. The molecule has 1 spiro atoms. The lowest BCUT2D eigenvalue weighted by molar-refractivity contribution is -0.130. The summed E-state index contributed by atoms with van der Waals surface area (Å²) in [5.41, 5.74) is 1.24. The van der Waals surface area contributed by atoms with Gasteiger partial charge in [-0.05, 0) is 37.0 Å². The Labute approximate surface area is 137 Å². The molecule has 0 aliphatic carbocycles. The fourth-order valence-electron chi connectivity index (χ4n) is 4.78. The normalized spacial score (nSPS) is 31.2. The van der Waals surface area contributed by atoms with Gasteiger partial charge in [-0.25, -0.2) is 0 Å². The van der Waals surface area contributed by atoms with E-state index < -0.39 is 0 Å². The van der Waals surface area contributed by atoms with Gasteiger partial charge in [-0.1, -0.05) is 0 Å². The zero-order chi connectivity index (χ0) is 15.9. The van der Waals surface area contributed by atoms with E-state index >= 15 is 0 Å². The van der Waals surface area contributed by atoms with Gasteiger partial charge >= 0.3 is 0 Å². The van der Waals surface area contributed by atoms with E-state index in [2.05, 4.69) is 22.0 Å². The minimum absolute atomic E-state index is 0.0194. The molecule has 1 aromatic heterocycles. The number of pyridine rings is 1. The minimum Gasteiger partial charge on any atom is -0.380 e. The summed E-state index contributed by atoms with van der Waals surface area (Å²) in [5, 5.41) is 0. The highest BCUT2D eigenvalue weighted by Gasteiger charge is 2.53. The second kappa shape index (κ2) is 5.87. The van der Waals surface area contributed by atoms with Crippen LogP contribution in [0.25, 0.3) is 0 Å². The second-order valence-electron chi connectivity index (χ2n) is 7.15. The zero-order valence-corrected chi connectivity index (χ0v) is 13.8. The molecule has 0 saturated carbocycles. The van der Waals surface area contributed by atoms with Crippen molar-refractivity contribution in [1.29, 1.82) is 0 Å². The minimum atomic E-state index is -0.0194. The van der Waals surface area contributed by atoms with Gasteiger partial charge in [-0.2, -0.15) is 0 Å². The van der Waals surface area contributed by atoms with Crippen molar-refractivity contribution < 1.29 is 9.53 Å². The number of likely N-dealkylation sites (N-methyl/N-ethyl adjacent to an activating group) is 1. The Balaban J connectivity index is 1.56. The molecule has 3 aliphatic rings. The average molecular weight is 315 g/mol. The molecule has 3 aliphatic heterocycles. The molecule has 5 heteroatoms. The maximum absolute atomic E-state index is 12.4. The third kappa shape index (κ3) is 2.46. The second-order valence-corrected chi connectivity index (χ2v) is 7.15. The highest BCUT2D eigenvalue weighted by atomic mass is 16.5. The Morgan fingerprint density at radius 1 is 1.26 bits per heavy atom. The first kappa shape index (κ1) is 15.1. The van der Waals surface area contributed by atoms with Crippen molar-refractivity contribution in [2.24, 2.45) is 0 Å². The number of nitrogens with zero attached hydrogens (tertiary/aromatic N) is 3. The highest BCUT2D eigenvalue weighted by molar-refractivity contribution is 5.81. The topological polar surface area (TPSA) is 45.7 Å². The molecule has 4 heterocycles. The van der Waals surface area contributed by atoms with Crippen molar-refractivity contribution in [2.75, 3.05) is 33.4 Å². The molecule has 124 valence electrons. The van der Waals surface area contributed by atoms with E-state index in [4.69, 9.17) is 4.74 Å². The van der Waals surface area contributed by atoms with Crippen LogP contribution < -0.4 is 0 Å². The molecule has 4 rings (SSSR count). The van der Waals surface area contributed by atoms with Crippen LogP contribution in [0.3, 0.4) is 0 Å². The molecular weight excluding hydrogens is 290 g/mol. The average Bonchev–Trinajstić information content (AvgIpc) is 3.21. The molecule has 23 heavy (non-hydrogen) atoms. The number of likely N-dealkylation sites (tertiary alicyclic amines) is 2. The predicted octanol–water partition coefficient (Wildman–Crippen LogP) is 1.65. The van der Waals surface area contributed by atoms with E-state index in [1.54, 1.807) is 0 Å². The van der Waals surface area contributed by atoms with Gasteiger partial charge in [0.1, 0.15) is 0 Å². The standard InChI is InChI=1S/C18H25N3O2/c1-20-17(22)12-16(14-2-7-19-8-3-14)18(20)5-9-21(10-6-18)15-4-11-23-13-15/h2-3,7-8,15-16H,4-6,9-13H2,1H3/t15-,16-/m0/s1. The summed E-state index contributed by atoms with van der Waals surface area (Å²) < 4.78 is 5.54. The summed E-state index contributed by atoms with van der Waals surface area (Å²) in [4.78, 5) is 21.2. The lowest BCUT2D eigenvalue weighted by Crippen LogP contribution is -2.55. The molecular formula is C18H25N3O2. The van der Waals surface area contributed by atoms with Crippen LogP contribution in [-0.4, -0.2) is 65.6 Å². The van der Waals surface area contributed by atoms with Crippen LogP contribution in [0.1, 0.15) is 37.2 Å². The summed E-state index contributed by atoms with van der Waals surface area (Å²) in [6, 6.07) is 4.74. The third-order valence-corrected chi connectivity index (χ3v) is 6.26. The monoisotopic (exact) mass is 315 g/mol. The summed E-state index contributed by atoms with van der Waals surface area (Å²) in [6.45, 7) is 3.89. The molecule has 2 atom stereocenters. The highest BCUT2D eigenvalue weighted by Crippen LogP contribution is 2.48. The number of carbonyl (C=O) groups excluding carboxylic acids is 1. The lowest BCUT2D eigenvalue weighted by atomic mass is 9.73. The molecule has 1 amide bonds. The van der Waals surface area contributed by atoms with E-state index in [1.807, 2.05) is 24.3 Å². The quantitative estimate of drug-likeness (QED) is 0.832. The number of carbonyl (C=O) groups is 1. The number of amides is 1. The van der Waals surface area contributed by atoms with Gasteiger partial charge in [0.2, 0.25) is 5.91 Å². The van der Waals surface area contributed by atoms with Crippen molar-refractivity contribution >= 4 is 5.91 Å². The number of piperidine rings is 1. The Morgan fingerprint density at radius 3 is 2.65 bits per heavy atom. The molecule has 1 aromatic rings. The fourth-order valence-corrected chi connectivity index (χ4v) is 4.78. The van der Waals surface area contributed by atoms with Gasteiger partial charge in [0, 0.05) is 57.5 Å². The molecule has 0 N–H and O–H groups in total. The smallest absolute Gasteiger partial charge is 0.223 e. The Kier molecular flexibility index (Phi) is 3.85. The van der Waals surface area contributed by atoms with E-state index in [1.165, 1.54) is 5.56 Å². The summed E-state index contributed by atoms with van der Waals surface area (Å²) >= 11 is 0. The Morgan fingerprint density at radius 2 is 2.00 bits per heavy atom. The maximum Gasteiger partial charge on any atom is 0.223 e. The van der Waals surface area contributed by atoms with Crippen molar-refractivity contribution in [1.82, 2.24) is 14.8 Å². The number of hydrogen-bond acceptors (Lipinski definition) is 4. The van der Waals surface area contributed by atoms with Crippen LogP contribution in [0.5, 0.6) is 0 Å².